The third-order valence-electron chi connectivity index (χ3n) is 4.70. The summed E-state index contributed by atoms with van der Waals surface area (Å²) in [5, 5.41) is 3.34. The molecule has 1 nitrogen and oxygen atoms in total. The molecule has 0 aliphatic heterocycles. The van der Waals surface area contributed by atoms with E-state index in [1.165, 1.54) is 33.4 Å². The van der Waals surface area contributed by atoms with Crippen molar-refractivity contribution in [2.45, 2.75) is 25.7 Å². The zero-order valence-electron chi connectivity index (χ0n) is 13.0. The van der Waals surface area contributed by atoms with Gasteiger partial charge in [0, 0.05) is 9.84 Å². The van der Waals surface area contributed by atoms with Crippen LogP contribution in [0.2, 0.25) is 0 Å². The first-order chi connectivity index (χ1) is 10.1. The Hall–Kier alpha value is -0.870. The molecule has 0 bridgehead atoms. The van der Waals surface area contributed by atoms with Crippen LogP contribution in [0.5, 0.6) is 0 Å². The van der Waals surface area contributed by atoms with Gasteiger partial charge in [0.2, 0.25) is 0 Å². The molecule has 0 heterocycles. The molecule has 1 aliphatic carbocycles. The number of fused-ring (bicyclic) bond motifs is 3. The van der Waals surface area contributed by atoms with Gasteiger partial charge in [-0.1, -0.05) is 70.1 Å². The summed E-state index contributed by atoms with van der Waals surface area (Å²) in [5.74, 6) is 0. The van der Waals surface area contributed by atoms with E-state index in [9.17, 15) is 0 Å². The molecule has 0 atom stereocenters. The topological polar surface area (TPSA) is 12.0 Å². The molecule has 1 N–H and O–H groups in total. The lowest BCUT2D eigenvalue weighted by Gasteiger charge is -2.30. The summed E-state index contributed by atoms with van der Waals surface area (Å²) >= 11 is 2.57. The maximum Gasteiger partial charge on any atom is 0.0316 e. The lowest BCUT2D eigenvalue weighted by atomic mass is 9.76. The molecule has 0 spiro atoms. The Morgan fingerprint density at radius 1 is 0.952 bits per heavy atom. The second-order valence-corrected chi connectivity index (χ2v) is 6.93. The highest BCUT2D eigenvalue weighted by molar-refractivity contribution is 14.1. The van der Waals surface area contributed by atoms with Gasteiger partial charge in [-0.25, -0.2) is 0 Å². The highest BCUT2D eigenvalue weighted by Crippen LogP contribution is 2.52. The molecular weight excluding hydrogens is 369 g/mol. The molecular formula is C19H22IN. The number of aryl methyl sites for hydroxylation is 2. The Balaban J connectivity index is 2.27. The molecule has 0 fully saturated rings. The second-order valence-electron chi connectivity index (χ2n) is 6.17. The zero-order chi connectivity index (χ0) is 15.0. The average Bonchev–Trinajstić information content (AvgIpc) is 2.74. The maximum absolute atomic E-state index is 3.34. The first-order valence-corrected chi connectivity index (χ1v) is 9.08. The summed E-state index contributed by atoms with van der Waals surface area (Å²) in [4.78, 5) is 0. The van der Waals surface area contributed by atoms with Gasteiger partial charge in [0.1, 0.15) is 0 Å². The Kier molecular flexibility index (Phi) is 4.10. The molecule has 0 amide bonds. The van der Waals surface area contributed by atoms with E-state index in [1.807, 2.05) is 7.05 Å². The molecule has 2 aromatic carbocycles. The van der Waals surface area contributed by atoms with Crippen LogP contribution in [0.15, 0.2) is 36.4 Å². The van der Waals surface area contributed by atoms with Crippen molar-refractivity contribution in [1.82, 2.24) is 5.32 Å². The van der Waals surface area contributed by atoms with E-state index in [4.69, 9.17) is 0 Å². The molecule has 0 saturated carbocycles. The van der Waals surface area contributed by atoms with Crippen LogP contribution in [0, 0.1) is 13.8 Å². The van der Waals surface area contributed by atoms with Crippen molar-refractivity contribution >= 4 is 22.6 Å². The van der Waals surface area contributed by atoms with Gasteiger partial charge in [0.25, 0.3) is 0 Å². The Labute approximate surface area is 141 Å². The smallest absolute Gasteiger partial charge is 0.0316 e. The van der Waals surface area contributed by atoms with Gasteiger partial charge in [0.15, 0.2) is 0 Å². The van der Waals surface area contributed by atoms with Crippen molar-refractivity contribution in [2.24, 2.45) is 0 Å². The fourth-order valence-corrected chi connectivity index (χ4v) is 4.74. The number of hydrogen-bond donors (Lipinski definition) is 1. The minimum atomic E-state index is 0.159. The summed E-state index contributed by atoms with van der Waals surface area (Å²) < 4.78 is 1.12. The van der Waals surface area contributed by atoms with Crippen molar-refractivity contribution in [1.29, 1.82) is 0 Å². The van der Waals surface area contributed by atoms with E-state index >= 15 is 0 Å². The van der Waals surface area contributed by atoms with Crippen molar-refractivity contribution in [2.75, 3.05) is 18.0 Å². The van der Waals surface area contributed by atoms with Crippen LogP contribution in [0.4, 0.5) is 0 Å². The lowest BCUT2D eigenvalue weighted by molar-refractivity contribution is 0.530. The molecule has 0 radical (unpaired) electrons. The van der Waals surface area contributed by atoms with E-state index in [1.54, 1.807) is 0 Å². The fourth-order valence-electron chi connectivity index (χ4n) is 3.54. The molecule has 2 aromatic rings. The van der Waals surface area contributed by atoms with Crippen LogP contribution in [0.3, 0.4) is 0 Å². The summed E-state index contributed by atoms with van der Waals surface area (Å²) in [6, 6.07) is 13.9. The summed E-state index contributed by atoms with van der Waals surface area (Å²) in [7, 11) is 2.05. The van der Waals surface area contributed by atoms with Crippen molar-refractivity contribution in [3.8, 4) is 11.1 Å². The molecule has 110 valence electrons. The first kappa shape index (κ1) is 15.0. The van der Waals surface area contributed by atoms with Gasteiger partial charge >= 0.3 is 0 Å². The number of alkyl halides is 1. The third kappa shape index (κ3) is 2.33. The number of halogens is 1. The van der Waals surface area contributed by atoms with Crippen LogP contribution in [0.25, 0.3) is 11.1 Å². The van der Waals surface area contributed by atoms with Crippen LogP contribution >= 0.6 is 22.6 Å². The zero-order valence-corrected chi connectivity index (χ0v) is 15.1. The molecule has 0 aromatic heterocycles. The van der Waals surface area contributed by atoms with Gasteiger partial charge in [-0.15, -0.1) is 0 Å². The predicted molar refractivity (Wildman–Crippen MR) is 99.6 cm³/mol. The average molecular weight is 391 g/mol. The normalized spacial score (nSPS) is 14.9. The van der Waals surface area contributed by atoms with Crippen LogP contribution in [-0.2, 0) is 5.41 Å². The molecule has 1 aliphatic rings. The van der Waals surface area contributed by atoms with Gasteiger partial charge in [-0.2, -0.15) is 0 Å². The van der Waals surface area contributed by atoms with E-state index in [2.05, 4.69) is 78.2 Å². The van der Waals surface area contributed by atoms with Crippen molar-refractivity contribution < 1.29 is 0 Å². The van der Waals surface area contributed by atoms with Crippen LogP contribution < -0.4 is 5.32 Å². The standard InChI is InChI=1S/C19H22IN/c1-13-4-6-15-16-7-5-14(2)11-18(16)19(12-20,8-9-21-3)17(15)10-13/h4-7,10-11,21H,8-9,12H2,1-3H3. The summed E-state index contributed by atoms with van der Waals surface area (Å²) in [6.45, 7) is 5.44. The number of hydrogen-bond acceptors (Lipinski definition) is 1. The highest BCUT2D eigenvalue weighted by Gasteiger charge is 2.41. The Morgan fingerprint density at radius 3 is 1.90 bits per heavy atom. The third-order valence-corrected chi connectivity index (χ3v) is 6.00. The quantitative estimate of drug-likeness (QED) is 0.593. The van der Waals surface area contributed by atoms with Crippen molar-refractivity contribution in [3.63, 3.8) is 0 Å². The molecule has 0 saturated heterocycles. The fraction of sp³-hybridized carbons (Fsp3) is 0.368. The summed E-state index contributed by atoms with van der Waals surface area (Å²) in [6.07, 6.45) is 1.15. The van der Waals surface area contributed by atoms with Gasteiger partial charge in [-0.05, 0) is 56.1 Å². The van der Waals surface area contributed by atoms with Gasteiger partial charge in [0.05, 0.1) is 0 Å². The van der Waals surface area contributed by atoms with Gasteiger partial charge < -0.3 is 5.32 Å². The summed E-state index contributed by atoms with van der Waals surface area (Å²) in [5.41, 5.74) is 8.79. The lowest BCUT2D eigenvalue weighted by Crippen LogP contribution is -2.31. The Bertz CT molecular complexity index is 624. The SMILES string of the molecule is CNCCC1(CI)c2cc(C)ccc2-c2ccc(C)cc21. The van der Waals surface area contributed by atoms with E-state index in [0.29, 0.717) is 0 Å². The van der Waals surface area contributed by atoms with Crippen LogP contribution in [0.1, 0.15) is 28.7 Å². The largest absolute Gasteiger partial charge is 0.320 e. The minimum absolute atomic E-state index is 0.159. The van der Waals surface area contributed by atoms with E-state index in [0.717, 1.165) is 17.4 Å². The van der Waals surface area contributed by atoms with E-state index < -0.39 is 0 Å². The van der Waals surface area contributed by atoms with E-state index in [-0.39, 0.29) is 5.41 Å². The maximum atomic E-state index is 3.34. The minimum Gasteiger partial charge on any atom is -0.320 e. The predicted octanol–water partition coefficient (Wildman–Crippen LogP) is 4.61. The molecule has 21 heavy (non-hydrogen) atoms. The molecule has 3 rings (SSSR count). The van der Waals surface area contributed by atoms with Crippen LogP contribution in [-0.4, -0.2) is 18.0 Å². The molecule has 2 heteroatoms. The Morgan fingerprint density at radius 2 is 1.48 bits per heavy atom. The van der Waals surface area contributed by atoms with Gasteiger partial charge in [-0.3, -0.25) is 0 Å². The number of nitrogens with one attached hydrogen (secondary N) is 1. The first-order valence-electron chi connectivity index (χ1n) is 7.55. The monoisotopic (exact) mass is 391 g/mol. The number of rotatable bonds is 4. The van der Waals surface area contributed by atoms with Crippen molar-refractivity contribution in [3.05, 3.63) is 58.7 Å². The molecule has 0 unspecified atom stereocenters. The number of benzene rings is 2. The highest BCUT2D eigenvalue weighted by atomic mass is 127. The second kappa shape index (κ2) is 5.73.